The fourth-order valence-electron chi connectivity index (χ4n) is 5.22. The third kappa shape index (κ3) is 11.3. The van der Waals surface area contributed by atoms with Crippen molar-refractivity contribution in [2.45, 2.75) is 135 Å². The van der Waals surface area contributed by atoms with E-state index in [1.807, 2.05) is 0 Å². The van der Waals surface area contributed by atoms with Crippen LogP contribution in [0, 0.1) is 0 Å². The molecule has 2 fully saturated rings. The maximum absolute atomic E-state index is 6.71. The van der Waals surface area contributed by atoms with Gasteiger partial charge in [-0.05, 0) is 84.0 Å². The summed E-state index contributed by atoms with van der Waals surface area (Å²) in [5.41, 5.74) is 0. The van der Waals surface area contributed by atoms with Gasteiger partial charge >= 0.3 is 8.56 Å². The van der Waals surface area contributed by atoms with Gasteiger partial charge in [-0.15, -0.1) is 0 Å². The van der Waals surface area contributed by atoms with Crippen LogP contribution in [-0.4, -0.2) is 61.7 Å². The summed E-state index contributed by atoms with van der Waals surface area (Å²) < 4.78 is 13.4. The Kier molecular flexibility index (Phi) is 11.0. The summed E-state index contributed by atoms with van der Waals surface area (Å²) in [6.07, 6.45) is 14.3. The Morgan fingerprint density at radius 3 is 1.81 bits per heavy atom. The van der Waals surface area contributed by atoms with Gasteiger partial charge in [0.05, 0.1) is 6.04 Å². The second-order valence-corrected chi connectivity index (χ2v) is 25.2. The van der Waals surface area contributed by atoms with E-state index in [0.717, 1.165) is 25.0 Å². The monoisotopic (exact) mass is 499 g/mol. The molecule has 0 aliphatic heterocycles. The van der Waals surface area contributed by atoms with Crippen molar-refractivity contribution in [2.24, 2.45) is 4.99 Å². The molecule has 188 valence electrons. The summed E-state index contributed by atoms with van der Waals surface area (Å²) in [5, 5.41) is 3.87. The molecule has 8 heteroatoms. The number of hydrogen-bond acceptors (Lipinski definition) is 3. The van der Waals surface area contributed by atoms with Crippen LogP contribution < -0.4 is 5.32 Å². The second-order valence-electron chi connectivity index (χ2n) is 12.3. The first-order valence-corrected chi connectivity index (χ1v) is 22.7. The smallest absolute Gasteiger partial charge is 0.314 e. The van der Waals surface area contributed by atoms with Gasteiger partial charge in [0.1, 0.15) is 0 Å². The molecule has 2 saturated carbocycles. The highest BCUT2D eigenvalue weighted by Crippen LogP contribution is 2.26. The first-order chi connectivity index (χ1) is 14.9. The summed E-state index contributed by atoms with van der Waals surface area (Å²) in [6.45, 7) is 17.1. The molecular weight excluding hydrogens is 447 g/mol. The summed E-state index contributed by atoms with van der Waals surface area (Å²) in [6, 6.07) is 2.16. The minimum atomic E-state index is -2.17. The first kappa shape index (κ1) is 28.1. The SMILES string of the molecule is CN(CCC[Si](C)(O[Si](C)(C)C)O[Si](C)(C)C)C(=NC1CCCCC1)NC1CCCCC1. The van der Waals surface area contributed by atoms with E-state index in [1.54, 1.807) is 0 Å². The summed E-state index contributed by atoms with van der Waals surface area (Å²) >= 11 is 0. The highest BCUT2D eigenvalue weighted by atomic mass is 28.5. The van der Waals surface area contributed by atoms with E-state index in [0.29, 0.717) is 12.1 Å². The normalized spacial score (nSPS) is 20.4. The topological polar surface area (TPSA) is 46.1 Å². The predicted molar refractivity (Wildman–Crippen MR) is 147 cm³/mol. The zero-order valence-electron chi connectivity index (χ0n) is 22.6. The molecule has 0 amide bonds. The Labute approximate surface area is 202 Å². The number of rotatable bonds is 10. The fourth-order valence-corrected chi connectivity index (χ4v) is 17.7. The molecule has 0 heterocycles. The molecule has 2 aliphatic rings. The van der Waals surface area contributed by atoms with Crippen LogP contribution in [0.5, 0.6) is 0 Å². The van der Waals surface area contributed by atoms with Crippen molar-refractivity contribution in [3.05, 3.63) is 0 Å². The van der Waals surface area contributed by atoms with Crippen molar-refractivity contribution in [2.75, 3.05) is 13.6 Å². The maximum atomic E-state index is 6.71. The van der Waals surface area contributed by atoms with Gasteiger partial charge in [0, 0.05) is 19.6 Å². The third-order valence-corrected chi connectivity index (χ3v) is 16.0. The Bertz CT molecular complexity index is 562. The van der Waals surface area contributed by atoms with Crippen LogP contribution in [-0.2, 0) is 8.23 Å². The van der Waals surface area contributed by atoms with E-state index in [9.17, 15) is 0 Å². The van der Waals surface area contributed by atoms with Crippen LogP contribution in [0.4, 0.5) is 0 Å². The van der Waals surface area contributed by atoms with E-state index < -0.39 is 25.2 Å². The lowest BCUT2D eigenvalue weighted by atomic mass is 9.95. The zero-order chi connectivity index (χ0) is 23.8. The molecule has 0 unspecified atom stereocenters. The molecule has 0 saturated heterocycles. The molecular formula is C24H53N3O2Si3. The Hall–Kier alpha value is -0.159. The van der Waals surface area contributed by atoms with Crippen LogP contribution in [0.3, 0.4) is 0 Å². The Balaban J connectivity index is 2.01. The molecule has 0 aromatic rings. The lowest BCUT2D eigenvalue weighted by Gasteiger charge is -2.39. The number of nitrogens with one attached hydrogen (secondary N) is 1. The van der Waals surface area contributed by atoms with Crippen molar-refractivity contribution < 1.29 is 8.23 Å². The molecule has 5 nitrogen and oxygen atoms in total. The summed E-state index contributed by atoms with van der Waals surface area (Å²) in [4.78, 5) is 7.65. The van der Waals surface area contributed by atoms with E-state index >= 15 is 0 Å². The van der Waals surface area contributed by atoms with E-state index in [1.165, 1.54) is 64.2 Å². The number of aliphatic imine (C=N–C) groups is 1. The van der Waals surface area contributed by atoms with Gasteiger partial charge in [0.15, 0.2) is 22.6 Å². The molecule has 32 heavy (non-hydrogen) atoms. The first-order valence-electron chi connectivity index (χ1n) is 13.3. The summed E-state index contributed by atoms with van der Waals surface area (Å²) in [5.74, 6) is 1.14. The van der Waals surface area contributed by atoms with Gasteiger partial charge in [-0.3, -0.25) is 0 Å². The average molecular weight is 500 g/mol. The van der Waals surface area contributed by atoms with Crippen LogP contribution in [0.2, 0.25) is 51.9 Å². The Morgan fingerprint density at radius 1 is 0.812 bits per heavy atom. The standard InChI is InChI=1S/C24H53N3O2Si3/c1-27(20-15-21-32(8,28-30(2,3)4)29-31(5,6)7)24(25-22-16-11-9-12-17-22)26-23-18-13-10-14-19-23/h22-23H,9-21H2,1-8H3,(H,25,26). The molecule has 0 aromatic heterocycles. The molecule has 2 aliphatic carbocycles. The van der Waals surface area contributed by atoms with Crippen LogP contribution in [0.25, 0.3) is 0 Å². The van der Waals surface area contributed by atoms with Gasteiger partial charge in [-0.1, -0.05) is 38.5 Å². The number of hydrogen-bond donors (Lipinski definition) is 1. The van der Waals surface area contributed by atoms with Crippen LogP contribution >= 0.6 is 0 Å². The Morgan fingerprint density at radius 2 is 1.31 bits per heavy atom. The molecule has 0 atom stereocenters. The molecule has 2 rings (SSSR count). The highest BCUT2D eigenvalue weighted by molar-refractivity contribution is 6.87. The van der Waals surface area contributed by atoms with Crippen LogP contribution in [0.15, 0.2) is 4.99 Å². The van der Waals surface area contributed by atoms with Gasteiger partial charge < -0.3 is 18.4 Å². The minimum absolute atomic E-state index is 0.502. The van der Waals surface area contributed by atoms with Gasteiger partial charge in [-0.2, -0.15) is 0 Å². The quantitative estimate of drug-likeness (QED) is 0.206. The lowest BCUT2D eigenvalue weighted by Crippen LogP contribution is -2.53. The minimum Gasteiger partial charge on any atom is -0.437 e. The van der Waals surface area contributed by atoms with Gasteiger partial charge in [-0.25, -0.2) is 4.99 Å². The van der Waals surface area contributed by atoms with Gasteiger partial charge in [0.2, 0.25) is 0 Å². The van der Waals surface area contributed by atoms with E-state index in [-0.39, 0.29) is 0 Å². The fraction of sp³-hybridized carbons (Fsp3) is 0.958. The number of guanidine groups is 1. The second kappa shape index (κ2) is 12.5. The third-order valence-electron chi connectivity index (χ3n) is 6.35. The molecule has 0 spiro atoms. The summed E-state index contributed by atoms with van der Waals surface area (Å²) in [7, 11) is -3.22. The van der Waals surface area contributed by atoms with Crippen molar-refractivity contribution in [1.29, 1.82) is 0 Å². The van der Waals surface area contributed by atoms with E-state index in [2.05, 4.69) is 63.1 Å². The highest BCUT2D eigenvalue weighted by Gasteiger charge is 2.39. The van der Waals surface area contributed by atoms with Gasteiger partial charge in [0.25, 0.3) is 0 Å². The van der Waals surface area contributed by atoms with Crippen molar-refractivity contribution in [3.63, 3.8) is 0 Å². The maximum Gasteiger partial charge on any atom is 0.314 e. The largest absolute Gasteiger partial charge is 0.437 e. The van der Waals surface area contributed by atoms with Crippen molar-refractivity contribution >= 4 is 31.2 Å². The van der Waals surface area contributed by atoms with Crippen LogP contribution in [0.1, 0.15) is 70.6 Å². The molecule has 0 radical (unpaired) electrons. The predicted octanol–water partition coefficient (Wildman–Crippen LogP) is 6.69. The average Bonchev–Trinajstić information content (AvgIpc) is 2.66. The zero-order valence-corrected chi connectivity index (χ0v) is 25.6. The molecule has 0 bridgehead atoms. The molecule has 0 aromatic carbocycles. The van der Waals surface area contributed by atoms with Crippen molar-refractivity contribution in [3.8, 4) is 0 Å². The molecule has 1 N–H and O–H groups in total. The lowest BCUT2D eigenvalue weighted by molar-refractivity contribution is 0.365. The number of nitrogens with zero attached hydrogens (tertiary/aromatic N) is 2. The van der Waals surface area contributed by atoms with Crippen molar-refractivity contribution in [1.82, 2.24) is 10.2 Å². The van der Waals surface area contributed by atoms with E-state index in [4.69, 9.17) is 13.2 Å².